The minimum absolute atomic E-state index is 0. The van der Waals surface area contributed by atoms with Crippen LogP contribution >= 0.6 is 12.4 Å². The van der Waals surface area contributed by atoms with E-state index >= 15 is 0 Å². The summed E-state index contributed by atoms with van der Waals surface area (Å²) in [6.07, 6.45) is 5.68. The number of aromatic nitrogens is 2. The van der Waals surface area contributed by atoms with E-state index < -0.39 is 6.04 Å². The minimum atomic E-state index is -0.507. The molecule has 7 nitrogen and oxygen atoms in total. The number of halogens is 1. The lowest BCUT2D eigenvalue weighted by Crippen LogP contribution is -2.46. The molecule has 2 heterocycles. The quantitative estimate of drug-likeness (QED) is 0.747. The number of rotatable bonds is 5. The second-order valence-corrected chi connectivity index (χ2v) is 6.17. The standard InChI is InChI=1S/C15H22N4O3.ClH/c1-19-8-10(5-17-19)11-6-16-7-12(11)14(20)18-13(9-3-4-9)15(21)22-2;/h5,8-9,11-13,16H,3-4,6-7H2,1-2H3,(H,18,20);1H/t11-,12+,13?;/m1./s1. The lowest BCUT2D eigenvalue weighted by molar-refractivity contribution is -0.146. The molecular formula is C15H23ClN4O3. The number of esters is 1. The number of nitrogens with zero attached hydrogens (tertiary/aromatic N) is 2. The summed E-state index contributed by atoms with van der Waals surface area (Å²) < 4.78 is 6.55. The highest BCUT2D eigenvalue weighted by Gasteiger charge is 2.41. The van der Waals surface area contributed by atoms with E-state index in [1.807, 2.05) is 13.2 Å². The Morgan fingerprint density at radius 3 is 2.74 bits per heavy atom. The molecule has 0 aromatic carbocycles. The van der Waals surface area contributed by atoms with Crippen molar-refractivity contribution >= 4 is 24.3 Å². The van der Waals surface area contributed by atoms with Crippen LogP contribution in [0.3, 0.4) is 0 Å². The lowest BCUT2D eigenvalue weighted by atomic mass is 9.90. The molecule has 1 aromatic heterocycles. The van der Waals surface area contributed by atoms with Gasteiger partial charge in [-0.1, -0.05) is 0 Å². The zero-order valence-corrected chi connectivity index (χ0v) is 14.1. The van der Waals surface area contributed by atoms with Gasteiger partial charge in [0, 0.05) is 32.3 Å². The number of amides is 1. The van der Waals surface area contributed by atoms with E-state index in [2.05, 4.69) is 15.7 Å². The SMILES string of the molecule is COC(=O)C(NC(=O)[C@H]1CNC[C@@H]1c1cnn(C)c1)C1CC1.Cl. The molecule has 0 radical (unpaired) electrons. The normalized spacial score (nSPS) is 24.6. The van der Waals surface area contributed by atoms with Gasteiger partial charge >= 0.3 is 5.97 Å². The Hall–Kier alpha value is -1.60. The molecular weight excluding hydrogens is 320 g/mol. The highest BCUT2D eigenvalue weighted by molar-refractivity contribution is 5.87. The van der Waals surface area contributed by atoms with Crippen LogP contribution in [-0.2, 0) is 21.4 Å². The molecule has 3 rings (SSSR count). The number of nitrogens with one attached hydrogen (secondary N) is 2. The molecule has 0 spiro atoms. The van der Waals surface area contributed by atoms with Crippen molar-refractivity contribution in [2.24, 2.45) is 18.9 Å². The Bertz CT molecular complexity index is 573. The summed E-state index contributed by atoms with van der Waals surface area (Å²) in [5.41, 5.74) is 1.05. The summed E-state index contributed by atoms with van der Waals surface area (Å²) in [6, 6.07) is -0.507. The highest BCUT2D eigenvalue weighted by atomic mass is 35.5. The van der Waals surface area contributed by atoms with Gasteiger partial charge in [-0.15, -0.1) is 12.4 Å². The van der Waals surface area contributed by atoms with Crippen LogP contribution < -0.4 is 10.6 Å². The third kappa shape index (κ3) is 3.84. The first-order valence-corrected chi connectivity index (χ1v) is 7.67. The van der Waals surface area contributed by atoms with Crippen LogP contribution in [0.2, 0.25) is 0 Å². The minimum Gasteiger partial charge on any atom is -0.467 e. The molecule has 23 heavy (non-hydrogen) atoms. The van der Waals surface area contributed by atoms with E-state index in [9.17, 15) is 9.59 Å². The van der Waals surface area contributed by atoms with E-state index in [4.69, 9.17) is 4.74 Å². The maximum atomic E-state index is 12.6. The van der Waals surface area contributed by atoms with E-state index in [1.165, 1.54) is 7.11 Å². The fourth-order valence-electron chi connectivity index (χ4n) is 3.12. The molecule has 3 atom stereocenters. The van der Waals surface area contributed by atoms with E-state index in [-0.39, 0.29) is 42.0 Å². The third-order valence-electron chi connectivity index (χ3n) is 4.55. The molecule has 0 bridgehead atoms. The third-order valence-corrected chi connectivity index (χ3v) is 4.55. The van der Waals surface area contributed by atoms with Gasteiger partial charge in [0.25, 0.3) is 0 Å². The molecule has 2 fully saturated rings. The van der Waals surface area contributed by atoms with Crippen molar-refractivity contribution < 1.29 is 14.3 Å². The van der Waals surface area contributed by atoms with Crippen molar-refractivity contribution in [2.45, 2.75) is 24.8 Å². The first-order valence-electron chi connectivity index (χ1n) is 7.67. The number of carbonyl (C=O) groups is 2. The fraction of sp³-hybridized carbons (Fsp3) is 0.667. The van der Waals surface area contributed by atoms with Gasteiger partial charge in [0.05, 0.1) is 19.2 Å². The highest BCUT2D eigenvalue weighted by Crippen LogP contribution is 2.34. The lowest BCUT2D eigenvalue weighted by Gasteiger charge is -2.21. The molecule has 1 aromatic rings. The Morgan fingerprint density at radius 1 is 1.43 bits per heavy atom. The van der Waals surface area contributed by atoms with Gasteiger partial charge in [-0.25, -0.2) is 4.79 Å². The summed E-state index contributed by atoms with van der Waals surface area (Å²) >= 11 is 0. The molecule has 1 aliphatic carbocycles. The summed E-state index contributed by atoms with van der Waals surface area (Å²) in [5, 5.41) is 10.3. The molecule has 1 amide bonds. The van der Waals surface area contributed by atoms with Crippen LogP contribution in [0.5, 0.6) is 0 Å². The van der Waals surface area contributed by atoms with Crippen molar-refractivity contribution in [3.05, 3.63) is 18.0 Å². The van der Waals surface area contributed by atoms with Gasteiger partial charge < -0.3 is 15.4 Å². The van der Waals surface area contributed by atoms with Crippen molar-refractivity contribution in [1.82, 2.24) is 20.4 Å². The molecule has 8 heteroatoms. The molecule has 2 aliphatic rings. The van der Waals surface area contributed by atoms with Gasteiger partial charge in [0.2, 0.25) is 5.91 Å². The van der Waals surface area contributed by atoms with E-state index in [0.29, 0.717) is 6.54 Å². The van der Waals surface area contributed by atoms with Crippen molar-refractivity contribution in [1.29, 1.82) is 0 Å². The Kier molecular flexibility index (Phi) is 5.64. The first-order chi connectivity index (χ1) is 10.6. The fourth-order valence-corrected chi connectivity index (χ4v) is 3.12. The van der Waals surface area contributed by atoms with Gasteiger partial charge in [-0.3, -0.25) is 9.48 Å². The predicted molar refractivity (Wildman–Crippen MR) is 86.2 cm³/mol. The largest absolute Gasteiger partial charge is 0.467 e. The number of hydrogen-bond acceptors (Lipinski definition) is 5. The summed E-state index contributed by atoms with van der Waals surface area (Å²) in [7, 11) is 3.22. The second kappa shape index (κ2) is 7.31. The van der Waals surface area contributed by atoms with Crippen LogP contribution in [0.15, 0.2) is 12.4 Å². The number of carbonyl (C=O) groups excluding carboxylic acids is 2. The van der Waals surface area contributed by atoms with Crippen LogP contribution in [0.4, 0.5) is 0 Å². The number of hydrogen-bond donors (Lipinski definition) is 2. The average Bonchev–Trinajstić information content (AvgIpc) is 3.06. The zero-order chi connectivity index (χ0) is 15.7. The number of aryl methyl sites for hydroxylation is 1. The molecule has 128 valence electrons. The monoisotopic (exact) mass is 342 g/mol. The maximum absolute atomic E-state index is 12.6. The number of methoxy groups -OCH3 is 1. The van der Waals surface area contributed by atoms with Crippen LogP contribution in [-0.4, -0.2) is 47.9 Å². The Morgan fingerprint density at radius 2 is 2.17 bits per heavy atom. The molecule has 1 saturated carbocycles. The smallest absolute Gasteiger partial charge is 0.328 e. The summed E-state index contributed by atoms with van der Waals surface area (Å²) in [6.45, 7) is 1.36. The van der Waals surface area contributed by atoms with Gasteiger partial charge in [0.15, 0.2) is 0 Å². The van der Waals surface area contributed by atoms with Gasteiger partial charge in [-0.2, -0.15) is 5.10 Å². The van der Waals surface area contributed by atoms with E-state index in [1.54, 1.807) is 10.9 Å². The Balaban J connectivity index is 0.00000192. The topological polar surface area (TPSA) is 85.2 Å². The van der Waals surface area contributed by atoms with Crippen molar-refractivity contribution in [3.63, 3.8) is 0 Å². The van der Waals surface area contributed by atoms with Crippen LogP contribution in [0.25, 0.3) is 0 Å². The van der Waals surface area contributed by atoms with E-state index in [0.717, 1.165) is 24.9 Å². The molecule has 1 aliphatic heterocycles. The van der Waals surface area contributed by atoms with Crippen molar-refractivity contribution in [3.8, 4) is 0 Å². The van der Waals surface area contributed by atoms with Gasteiger partial charge in [-0.05, 0) is 24.3 Å². The molecule has 1 unspecified atom stereocenters. The summed E-state index contributed by atoms with van der Waals surface area (Å²) in [4.78, 5) is 24.4. The average molecular weight is 343 g/mol. The van der Waals surface area contributed by atoms with Crippen molar-refractivity contribution in [2.75, 3.05) is 20.2 Å². The Labute approximate surface area is 141 Å². The van der Waals surface area contributed by atoms with Crippen LogP contribution in [0.1, 0.15) is 24.3 Å². The summed E-state index contributed by atoms with van der Waals surface area (Å²) in [5.74, 6) is -0.301. The predicted octanol–water partition coefficient (Wildman–Crippen LogP) is 0.213. The maximum Gasteiger partial charge on any atom is 0.328 e. The number of ether oxygens (including phenoxy) is 1. The zero-order valence-electron chi connectivity index (χ0n) is 13.3. The van der Waals surface area contributed by atoms with Gasteiger partial charge in [0.1, 0.15) is 6.04 Å². The second-order valence-electron chi connectivity index (χ2n) is 6.17. The molecule has 2 N–H and O–H groups in total. The molecule has 1 saturated heterocycles. The first kappa shape index (κ1) is 17.7. The van der Waals surface area contributed by atoms with Crippen LogP contribution in [0, 0.1) is 11.8 Å².